The van der Waals surface area contributed by atoms with E-state index in [1.807, 2.05) is 79.0 Å². The number of fused-ring (bicyclic) bond motifs is 1. The zero-order valence-corrected chi connectivity index (χ0v) is 23.1. The molecule has 2 amide bonds. The largest absolute Gasteiger partial charge is 0.348 e. The number of anilines is 2. The molecule has 1 aliphatic rings. The third-order valence-electron chi connectivity index (χ3n) is 7.37. The highest BCUT2D eigenvalue weighted by Crippen LogP contribution is 2.26. The molecule has 216 valence electrons. The molecular weight excluding hydrogens is 550 g/mol. The van der Waals surface area contributed by atoms with E-state index in [0.717, 1.165) is 23.3 Å². The molecule has 2 N–H and O–H groups in total. The minimum absolute atomic E-state index is 0.0155. The van der Waals surface area contributed by atoms with Crippen molar-refractivity contribution in [3.63, 3.8) is 0 Å². The standard InChI is InChI=1S/C33H28F2N6O2/c34-27-14-13-24(19-28(27)35)37-33(43)40-17-15-29-26(21-40)31(42)41(25-11-5-2-6-12-25)32(38-29)39-30(23-9-3-1-4-10-23)18-22-8-7-16-36-20-22/h1-14,16,19-20,30H,15,17-18,21H2,(H,37,43)(H,38,39). The quantitative estimate of drug-likeness (QED) is 0.251. The van der Waals surface area contributed by atoms with Crippen molar-refractivity contribution < 1.29 is 13.6 Å². The number of urea groups is 1. The number of pyridine rings is 1. The van der Waals surface area contributed by atoms with Gasteiger partial charge in [-0.05, 0) is 47.9 Å². The van der Waals surface area contributed by atoms with Crippen LogP contribution in [0.25, 0.3) is 5.69 Å². The average Bonchev–Trinajstić information content (AvgIpc) is 3.04. The minimum atomic E-state index is -1.06. The summed E-state index contributed by atoms with van der Waals surface area (Å²) in [6, 6.07) is 25.5. The number of carbonyl (C=O) groups excluding carboxylic acids is 1. The first kappa shape index (κ1) is 27.8. The van der Waals surface area contributed by atoms with Crippen LogP contribution in [0.15, 0.2) is 108 Å². The summed E-state index contributed by atoms with van der Waals surface area (Å²) in [6.07, 6.45) is 4.51. The SMILES string of the molecule is O=C(Nc1ccc(F)c(F)c1)N1CCc2nc(NC(Cc3cccnc3)c3ccccc3)n(-c3ccccc3)c(=O)c2C1. The summed E-state index contributed by atoms with van der Waals surface area (Å²) in [7, 11) is 0. The maximum atomic E-state index is 14.1. The zero-order valence-electron chi connectivity index (χ0n) is 23.1. The van der Waals surface area contributed by atoms with Gasteiger partial charge in [0.1, 0.15) is 0 Å². The van der Waals surface area contributed by atoms with Crippen LogP contribution in [0, 0.1) is 11.6 Å². The van der Waals surface area contributed by atoms with Gasteiger partial charge in [-0.2, -0.15) is 0 Å². The number of amides is 2. The molecular formula is C33H28F2N6O2. The van der Waals surface area contributed by atoms with Crippen LogP contribution >= 0.6 is 0 Å². The van der Waals surface area contributed by atoms with Gasteiger partial charge in [-0.25, -0.2) is 23.1 Å². The first-order valence-corrected chi connectivity index (χ1v) is 13.9. The van der Waals surface area contributed by atoms with Gasteiger partial charge >= 0.3 is 6.03 Å². The molecule has 0 fully saturated rings. The van der Waals surface area contributed by atoms with Gasteiger partial charge in [0.25, 0.3) is 5.56 Å². The molecule has 0 spiro atoms. The monoisotopic (exact) mass is 578 g/mol. The third-order valence-corrected chi connectivity index (χ3v) is 7.37. The fourth-order valence-corrected chi connectivity index (χ4v) is 5.19. The molecule has 3 heterocycles. The van der Waals surface area contributed by atoms with E-state index in [1.54, 1.807) is 6.20 Å². The molecule has 10 heteroatoms. The number of hydrogen-bond donors (Lipinski definition) is 2. The lowest BCUT2D eigenvalue weighted by atomic mass is 10.00. The van der Waals surface area contributed by atoms with Crippen molar-refractivity contribution in [3.05, 3.63) is 148 Å². The van der Waals surface area contributed by atoms with Gasteiger partial charge in [0.15, 0.2) is 11.6 Å². The second-order valence-corrected chi connectivity index (χ2v) is 10.2. The second kappa shape index (κ2) is 12.2. The van der Waals surface area contributed by atoms with E-state index in [0.29, 0.717) is 42.3 Å². The van der Waals surface area contributed by atoms with Crippen LogP contribution in [0.3, 0.4) is 0 Å². The minimum Gasteiger partial charge on any atom is -0.348 e. The highest BCUT2D eigenvalue weighted by atomic mass is 19.2. The van der Waals surface area contributed by atoms with E-state index < -0.39 is 17.7 Å². The van der Waals surface area contributed by atoms with E-state index in [2.05, 4.69) is 15.6 Å². The Morgan fingerprint density at radius 2 is 1.70 bits per heavy atom. The molecule has 6 rings (SSSR count). The second-order valence-electron chi connectivity index (χ2n) is 10.2. The van der Waals surface area contributed by atoms with Gasteiger partial charge in [0, 0.05) is 37.1 Å². The molecule has 1 atom stereocenters. The third kappa shape index (κ3) is 6.13. The van der Waals surface area contributed by atoms with Crippen LogP contribution in [0.4, 0.5) is 25.2 Å². The van der Waals surface area contributed by atoms with Crippen LogP contribution in [0.2, 0.25) is 0 Å². The van der Waals surface area contributed by atoms with Crippen molar-refractivity contribution in [3.8, 4) is 5.69 Å². The Kier molecular flexibility index (Phi) is 7.90. The highest BCUT2D eigenvalue weighted by molar-refractivity contribution is 5.89. The van der Waals surface area contributed by atoms with Crippen LogP contribution < -0.4 is 16.2 Å². The van der Waals surface area contributed by atoms with Crippen molar-refractivity contribution in [2.24, 2.45) is 0 Å². The number of halogens is 2. The summed E-state index contributed by atoms with van der Waals surface area (Å²) < 4.78 is 28.6. The Labute approximate surface area is 246 Å². The van der Waals surface area contributed by atoms with E-state index in [4.69, 9.17) is 4.98 Å². The van der Waals surface area contributed by atoms with E-state index in [1.165, 1.54) is 15.5 Å². The first-order chi connectivity index (χ1) is 21.0. The number of carbonyl (C=O) groups is 1. The topological polar surface area (TPSA) is 92.2 Å². The van der Waals surface area contributed by atoms with Crippen molar-refractivity contribution >= 4 is 17.7 Å². The Hall–Kier alpha value is -5.38. The number of hydrogen-bond acceptors (Lipinski definition) is 5. The van der Waals surface area contributed by atoms with Gasteiger partial charge < -0.3 is 15.5 Å². The van der Waals surface area contributed by atoms with E-state index in [9.17, 15) is 18.4 Å². The number of nitrogens with one attached hydrogen (secondary N) is 2. The fraction of sp³-hybridized carbons (Fsp3) is 0.152. The lowest BCUT2D eigenvalue weighted by Crippen LogP contribution is -2.43. The van der Waals surface area contributed by atoms with Crippen LogP contribution in [-0.2, 0) is 19.4 Å². The maximum absolute atomic E-state index is 14.1. The van der Waals surface area contributed by atoms with E-state index >= 15 is 0 Å². The summed E-state index contributed by atoms with van der Waals surface area (Å²) in [4.78, 5) is 37.8. The van der Waals surface area contributed by atoms with Gasteiger partial charge in [-0.15, -0.1) is 0 Å². The average molecular weight is 579 g/mol. The Morgan fingerprint density at radius 3 is 2.42 bits per heavy atom. The van der Waals surface area contributed by atoms with Crippen molar-refractivity contribution in [2.75, 3.05) is 17.2 Å². The zero-order chi connectivity index (χ0) is 29.8. The summed E-state index contributed by atoms with van der Waals surface area (Å²) >= 11 is 0. The summed E-state index contributed by atoms with van der Waals surface area (Å²) in [6.45, 7) is 0.309. The molecule has 43 heavy (non-hydrogen) atoms. The Morgan fingerprint density at radius 1 is 0.930 bits per heavy atom. The van der Waals surface area contributed by atoms with Crippen LogP contribution in [0.5, 0.6) is 0 Å². The lowest BCUT2D eigenvalue weighted by molar-refractivity contribution is 0.205. The molecule has 8 nitrogen and oxygen atoms in total. The Balaban J connectivity index is 1.35. The molecule has 0 bridgehead atoms. The molecule has 0 aliphatic carbocycles. The van der Waals surface area contributed by atoms with Crippen LogP contribution in [-0.4, -0.2) is 32.0 Å². The van der Waals surface area contributed by atoms with E-state index in [-0.39, 0.29) is 23.8 Å². The van der Waals surface area contributed by atoms with Gasteiger partial charge in [-0.3, -0.25) is 9.78 Å². The fourth-order valence-electron chi connectivity index (χ4n) is 5.19. The van der Waals surface area contributed by atoms with Crippen molar-refractivity contribution in [2.45, 2.75) is 25.4 Å². The molecule has 1 aliphatic heterocycles. The predicted molar refractivity (Wildman–Crippen MR) is 160 cm³/mol. The first-order valence-electron chi connectivity index (χ1n) is 13.9. The highest BCUT2D eigenvalue weighted by Gasteiger charge is 2.28. The number of benzene rings is 3. The molecule has 5 aromatic rings. The lowest BCUT2D eigenvalue weighted by Gasteiger charge is -2.30. The summed E-state index contributed by atoms with van der Waals surface area (Å²) in [5, 5.41) is 6.13. The molecule has 3 aromatic carbocycles. The normalized spacial score (nSPS) is 13.2. The van der Waals surface area contributed by atoms with Crippen molar-refractivity contribution in [1.82, 2.24) is 19.4 Å². The number of para-hydroxylation sites is 1. The van der Waals surface area contributed by atoms with Gasteiger partial charge in [0.05, 0.1) is 29.5 Å². The molecule has 0 radical (unpaired) electrons. The molecule has 2 aromatic heterocycles. The molecule has 0 saturated carbocycles. The number of aromatic nitrogens is 3. The maximum Gasteiger partial charge on any atom is 0.322 e. The predicted octanol–water partition coefficient (Wildman–Crippen LogP) is 5.89. The number of nitrogens with zero attached hydrogens (tertiary/aromatic N) is 4. The smallest absolute Gasteiger partial charge is 0.322 e. The number of rotatable bonds is 7. The molecule has 0 saturated heterocycles. The summed E-state index contributed by atoms with van der Waals surface area (Å²) in [5.74, 6) is -1.67. The van der Waals surface area contributed by atoms with Crippen LogP contribution in [0.1, 0.15) is 28.4 Å². The van der Waals surface area contributed by atoms with Crippen molar-refractivity contribution in [1.29, 1.82) is 0 Å². The Bertz CT molecular complexity index is 1800. The van der Waals surface area contributed by atoms with Gasteiger partial charge in [0.2, 0.25) is 5.95 Å². The summed E-state index contributed by atoms with van der Waals surface area (Å²) in [5.41, 5.74) is 3.50. The molecule has 1 unspecified atom stereocenters. The van der Waals surface area contributed by atoms with Gasteiger partial charge in [-0.1, -0.05) is 54.6 Å².